The van der Waals surface area contributed by atoms with Gasteiger partial charge in [-0.25, -0.2) is 4.98 Å². The quantitative estimate of drug-likeness (QED) is 0.465. The van der Waals surface area contributed by atoms with Gasteiger partial charge in [0.15, 0.2) is 0 Å². The summed E-state index contributed by atoms with van der Waals surface area (Å²) < 4.78 is 0. The molecule has 0 atom stereocenters. The van der Waals surface area contributed by atoms with Gasteiger partial charge in [0.2, 0.25) is 0 Å². The first-order valence-corrected chi connectivity index (χ1v) is 9.18. The number of nitrogens with one attached hydrogen (secondary N) is 2. The van der Waals surface area contributed by atoms with Crippen LogP contribution in [0.15, 0.2) is 77.7 Å². The monoisotopic (exact) mass is 381 g/mol. The molecular formula is C22H19N7. The van der Waals surface area contributed by atoms with E-state index in [-0.39, 0.29) is 0 Å². The van der Waals surface area contributed by atoms with Crippen LogP contribution in [0.3, 0.4) is 0 Å². The van der Waals surface area contributed by atoms with Crippen molar-refractivity contribution in [3.8, 4) is 6.07 Å². The van der Waals surface area contributed by atoms with E-state index in [1.54, 1.807) is 24.5 Å². The van der Waals surface area contributed by atoms with Crippen molar-refractivity contribution in [3.05, 3.63) is 78.4 Å². The van der Waals surface area contributed by atoms with E-state index in [2.05, 4.69) is 20.8 Å². The number of hydrogen-bond acceptors (Lipinski definition) is 7. The Morgan fingerprint density at radius 2 is 1.97 bits per heavy atom. The molecule has 29 heavy (non-hydrogen) atoms. The van der Waals surface area contributed by atoms with Crippen LogP contribution < -0.4 is 16.6 Å². The Kier molecular flexibility index (Phi) is 5.16. The molecule has 0 spiro atoms. The number of aliphatic imine (C=N–C) groups is 1. The Labute approximate surface area is 168 Å². The fraction of sp³-hybridized carbons (Fsp3) is 0.0909. The topological polar surface area (TPSA) is 112 Å². The van der Waals surface area contributed by atoms with Gasteiger partial charge in [-0.3, -0.25) is 9.98 Å². The van der Waals surface area contributed by atoms with E-state index >= 15 is 0 Å². The summed E-state index contributed by atoms with van der Waals surface area (Å²) in [6, 6.07) is 13.1. The van der Waals surface area contributed by atoms with Gasteiger partial charge in [-0.05, 0) is 60.9 Å². The van der Waals surface area contributed by atoms with Crippen LogP contribution >= 0.6 is 0 Å². The van der Waals surface area contributed by atoms with Crippen molar-refractivity contribution >= 4 is 33.7 Å². The highest BCUT2D eigenvalue weighted by Crippen LogP contribution is 2.27. The summed E-state index contributed by atoms with van der Waals surface area (Å²) in [4.78, 5) is 13.1. The third kappa shape index (κ3) is 4.39. The van der Waals surface area contributed by atoms with E-state index < -0.39 is 0 Å². The Morgan fingerprint density at radius 3 is 2.79 bits per heavy atom. The molecule has 0 bridgehead atoms. The summed E-state index contributed by atoms with van der Waals surface area (Å²) in [6.07, 6.45) is 11.0. The van der Waals surface area contributed by atoms with Crippen molar-refractivity contribution in [2.24, 2.45) is 4.99 Å². The van der Waals surface area contributed by atoms with Crippen molar-refractivity contribution in [3.63, 3.8) is 0 Å². The zero-order valence-electron chi connectivity index (χ0n) is 15.6. The van der Waals surface area contributed by atoms with Gasteiger partial charge in [-0.15, -0.1) is 0 Å². The van der Waals surface area contributed by atoms with Crippen molar-refractivity contribution < 1.29 is 0 Å². The molecule has 7 nitrogen and oxygen atoms in total. The van der Waals surface area contributed by atoms with Gasteiger partial charge in [0, 0.05) is 35.4 Å². The lowest BCUT2D eigenvalue weighted by Crippen LogP contribution is -2.16. The lowest BCUT2D eigenvalue weighted by atomic mass is 10.0. The molecule has 1 aliphatic carbocycles. The summed E-state index contributed by atoms with van der Waals surface area (Å²) in [5.74, 6) is 0. The second-order valence-electron chi connectivity index (χ2n) is 6.57. The predicted molar refractivity (Wildman–Crippen MR) is 115 cm³/mol. The molecule has 0 unspecified atom stereocenters. The Hall–Kier alpha value is -4.18. The molecule has 1 aliphatic rings. The van der Waals surface area contributed by atoms with Crippen LogP contribution in [-0.4, -0.2) is 15.7 Å². The first-order valence-electron chi connectivity index (χ1n) is 9.18. The predicted octanol–water partition coefficient (Wildman–Crippen LogP) is 4.01. The molecule has 0 amide bonds. The van der Waals surface area contributed by atoms with Gasteiger partial charge in [0.1, 0.15) is 11.8 Å². The first-order chi connectivity index (χ1) is 14.2. The van der Waals surface area contributed by atoms with Crippen LogP contribution in [0.2, 0.25) is 0 Å². The highest BCUT2D eigenvalue weighted by Gasteiger charge is 2.07. The zero-order chi connectivity index (χ0) is 20.1. The van der Waals surface area contributed by atoms with Crippen LogP contribution in [0.1, 0.15) is 18.5 Å². The molecule has 1 aromatic carbocycles. The molecule has 2 heterocycles. The number of rotatable bonds is 4. The summed E-state index contributed by atoms with van der Waals surface area (Å²) in [6.45, 7) is 0. The van der Waals surface area contributed by atoms with Gasteiger partial charge in [-0.1, -0.05) is 6.08 Å². The third-order valence-corrected chi connectivity index (χ3v) is 4.51. The van der Waals surface area contributed by atoms with E-state index in [4.69, 9.17) is 16.0 Å². The Balaban J connectivity index is 1.45. The number of anilines is 2. The lowest BCUT2D eigenvalue weighted by molar-refractivity contribution is 0.971. The fourth-order valence-corrected chi connectivity index (χ4v) is 3.04. The maximum Gasteiger partial charge on any atom is 0.142 e. The number of benzene rings is 1. The molecule has 0 radical (unpaired) electrons. The third-order valence-electron chi connectivity index (χ3n) is 4.51. The molecule has 7 heteroatoms. The standard InChI is InChI=1S/C22H19N7/c23-13-19-12-18(7-9-25-19)29-27-14-15-1-4-17(5-2-15)28-22-8-10-26-21-6-3-16(24)11-20(21)22/h1,3-4,6-12,14,27H,2,5,24H2,(H,25,29). The van der Waals surface area contributed by atoms with Gasteiger partial charge in [0.25, 0.3) is 0 Å². The second kappa shape index (κ2) is 8.23. The van der Waals surface area contributed by atoms with Crippen molar-refractivity contribution in [2.75, 3.05) is 11.2 Å². The second-order valence-corrected chi connectivity index (χ2v) is 6.57. The van der Waals surface area contributed by atoms with Crippen molar-refractivity contribution in [2.45, 2.75) is 12.8 Å². The number of nitrogen functional groups attached to an aromatic ring is 1. The molecule has 2 aromatic heterocycles. The SMILES string of the molecule is N#Cc1cc(NNC=C2C=CC(=Nc3ccnc4ccc(N)cc34)CC2)ccn1. The van der Waals surface area contributed by atoms with Gasteiger partial charge in [0.05, 0.1) is 16.9 Å². The summed E-state index contributed by atoms with van der Waals surface area (Å²) in [5.41, 5.74) is 17.8. The summed E-state index contributed by atoms with van der Waals surface area (Å²) in [7, 11) is 0. The van der Waals surface area contributed by atoms with E-state index in [0.29, 0.717) is 11.4 Å². The van der Waals surface area contributed by atoms with Crippen LogP contribution in [0.4, 0.5) is 17.1 Å². The van der Waals surface area contributed by atoms with Crippen LogP contribution in [-0.2, 0) is 0 Å². The fourth-order valence-electron chi connectivity index (χ4n) is 3.04. The number of nitriles is 1. The minimum absolute atomic E-state index is 0.369. The van der Waals surface area contributed by atoms with Gasteiger partial charge >= 0.3 is 0 Å². The number of hydrazine groups is 1. The van der Waals surface area contributed by atoms with Crippen LogP contribution in [0, 0.1) is 11.3 Å². The number of nitrogens with two attached hydrogens (primary N) is 1. The summed E-state index contributed by atoms with van der Waals surface area (Å²) in [5, 5.41) is 9.84. The molecule has 0 fully saturated rings. The smallest absolute Gasteiger partial charge is 0.142 e. The molecule has 0 saturated heterocycles. The number of hydrogen-bond donors (Lipinski definition) is 3. The highest BCUT2D eigenvalue weighted by atomic mass is 15.3. The Morgan fingerprint density at radius 1 is 1.07 bits per heavy atom. The van der Waals surface area contributed by atoms with E-state index in [9.17, 15) is 0 Å². The van der Waals surface area contributed by atoms with E-state index in [0.717, 1.165) is 46.4 Å². The van der Waals surface area contributed by atoms with Crippen LogP contribution in [0.25, 0.3) is 10.9 Å². The van der Waals surface area contributed by atoms with Crippen LogP contribution in [0.5, 0.6) is 0 Å². The number of pyridine rings is 2. The lowest BCUT2D eigenvalue weighted by Gasteiger charge is -2.12. The Bertz CT molecular complexity index is 1190. The number of nitrogens with zero attached hydrogens (tertiary/aromatic N) is 4. The minimum atomic E-state index is 0.369. The molecule has 0 saturated carbocycles. The number of fused-ring (bicyclic) bond motifs is 1. The van der Waals surface area contributed by atoms with E-state index in [1.807, 2.05) is 48.7 Å². The summed E-state index contributed by atoms with van der Waals surface area (Å²) >= 11 is 0. The number of allylic oxidation sites excluding steroid dienone is 3. The molecule has 3 aromatic rings. The molecule has 142 valence electrons. The number of aromatic nitrogens is 2. The van der Waals surface area contributed by atoms with Crippen molar-refractivity contribution in [1.29, 1.82) is 5.26 Å². The largest absolute Gasteiger partial charge is 0.399 e. The minimum Gasteiger partial charge on any atom is -0.399 e. The van der Waals surface area contributed by atoms with E-state index in [1.165, 1.54) is 0 Å². The maximum absolute atomic E-state index is 8.89. The van der Waals surface area contributed by atoms with Crippen molar-refractivity contribution in [1.82, 2.24) is 15.4 Å². The maximum atomic E-state index is 8.89. The highest BCUT2D eigenvalue weighted by molar-refractivity contribution is 6.01. The first kappa shape index (κ1) is 18.2. The molecule has 4 N–H and O–H groups in total. The van der Waals surface area contributed by atoms with Gasteiger partial charge < -0.3 is 16.6 Å². The molecule has 0 aliphatic heterocycles. The zero-order valence-corrected chi connectivity index (χ0v) is 15.6. The van der Waals surface area contributed by atoms with Gasteiger partial charge in [-0.2, -0.15) is 5.26 Å². The molecule has 4 rings (SSSR count). The normalized spacial score (nSPS) is 16.1. The average molecular weight is 381 g/mol. The average Bonchev–Trinajstić information content (AvgIpc) is 2.75. The molecular weight excluding hydrogens is 362 g/mol.